The molecule has 1 aliphatic rings. The third kappa shape index (κ3) is 5.74. The lowest BCUT2D eigenvalue weighted by molar-refractivity contribution is 0.306. The Morgan fingerprint density at radius 2 is 1.75 bits per heavy atom. The Morgan fingerprint density at radius 3 is 2.53 bits per heavy atom. The molecule has 1 fully saturated rings. The molecule has 0 amide bonds. The van der Waals surface area contributed by atoms with Gasteiger partial charge in [-0.25, -0.2) is 4.98 Å². The zero-order valence-electron chi connectivity index (χ0n) is 19.5. The molecule has 1 aliphatic carbocycles. The largest absolute Gasteiger partial charge is 0.488 e. The minimum absolute atomic E-state index is 0.183. The van der Waals surface area contributed by atoms with Gasteiger partial charge in [0.1, 0.15) is 18.2 Å². The van der Waals surface area contributed by atoms with Crippen LogP contribution in [0.5, 0.6) is 5.75 Å². The summed E-state index contributed by atoms with van der Waals surface area (Å²) in [6.45, 7) is 0.397. The standard InChI is InChI=1S/C28H24Br2ClN3O2/c29-21-8-6-18(7-9-21)17-36-26-13-11-23(31)14-20(26)16-32-34-27(19-4-2-1-3-5-19)33-25-12-10-22(30)15-24(25)28(34)35/h6-16,19H,1-5,17H2. The number of hydrogen-bond acceptors (Lipinski definition) is 4. The number of fused-ring (bicyclic) bond motifs is 1. The fourth-order valence-electron chi connectivity index (χ4n) is 4.52. The summed E-state index contributed by atoms with van der Waals surface area (Å²) in [5.74, 6) is 1.55. The van der Waals surface area contributed by atoms with E-state index in [1.54, 1.807) is 24.4 Å². The molecule has 4 aromatic rings. The predicted octanol–water partition coefficient (Wildman–Crippen LogP) is 8.08. The van der Waals surface area contributed by atoms with Gasteiger partial charge in [-0.05, 0) is 66.9 Å². The first-order valence-corrected chi connectivity index (χ1v) is 13.9. The Bertz CT molecular complexity index is 1480. The number of nitrogens with zero attached hydrogens (tertiary/aromatic N) is 3. The minimum atomic E-state index is -0.183. The highest BCUT2D eigenvalue weighted by molar-refractivity contribution is 9.10. The highest BCUT2D eigenvalue weighted by Gasteiger charge is 2.22. The van der Waals surface area contributed by atoms with Crippen molar-refractivity contribution < 1.29 is 4.74 Å². The van der Waals surface area contributed by atoms with Gasteiger partial charge in [0.2, 0.25) is 0 Å². The van der Waals surface area contributed by atoms with Gasteiger partial charge in [0.05, 0.1) is 17.1 Å². The van der Waals surface area contributed by atoms with Crippen LogP contribution in [0.4, 0.5) is 0 Å². The molecule has 5 nitrogen and oxygen atoms in total. The Morgan fingerprint density at radius 1 is 1.00 bits per heavy atom. The maximum Gasteiger partial charge on any atom is 0.282 e. The van der Waals surface area contributed by atoms with E-state index < -0.39 is 0 Å². The monoisotopic (exact) mass is 627 g/mol. The van der Waals surface area contributed by atoms with Crippen LogP contribution in [0.2, 0.25) is 5.02 Å². The van der Waals surface area contributed by atoms with Crippen LogP contribution in [0.15, 0.2) is 79.5 Å². The van der Waals surface area contributed by atoms with Crippen molar-refractivity contribution in [3.8, 4) is 5.75 Å². The Balaban J connectivity index is 1.53. The number of aromatic nitrogens is 2. The van der Waals surface area contributed by atoms with Crippen molar-refractivity contribution in [2.45, 2.75) is 44.6 Å². The molecule has 0 atom stereocenters. The first-order chi connectivity index (χ1) is 17.5. The maximum atomic E-state index is 13.6. The lowest BCUT2D eigenvalue weighted by Gasteiger charge is -2.22. The van der Waals surface area contributed by atoms with Gasteiger partial charge >= 0.3 is 0 Å². The number of ether oxygens (including phenoxy) is 1. The van der Waals surface area contributed by atoms with Crippen molar-refractivity contribution in [2.75, 3.05) is 0 Å². The first-order valence-electron chi connectivity index (χ1n) is 11.9. The van der Waals surface area contributed by atoms with Crippen LogP contribution in [0.3, 0.4) is 0 Å². The first kappa shape index (κ1) is 25.2. The molecule has 0 spiro atoms. The molecule has 0 N–H and O–H groups in total. The van der Waals surface area contributed by atoms with Crippen LogP contribution in [0.1, 0.15) is 55.0 Å². The number of rotatable bonds is 6. The van der Waals surface area contributed by atoms with Crippen molar-refractivity contribution in [1.82, 2.24) is 9.66 Å². The fourth-order valence-corrected chi connectivity index (χ4v) is 5.32. The van der Waals surface area contributed by atoms with Crippen LogP contribution in [0.25, 0.3) is 10.9 Å². The van der Waals surface area contributed by atoms with Crippen molar-refractivity contribution in [1.29, 1.82) is 0 Å². The molecule has 36 heavy (non-hydrogen) atoms. The van der Waals surface area contributed by atoms with E-state index in [2.05, 4.69) is 37.0 Å². The van der Waals surface area contributed by atoms with Crippen molar-refractivity contribution >= 4 is 60.6 Å². The normalized spacial score (nSPS) is 14.5. The summed E-state index contributed by atoms with van der Waals surface area (Å²) >= 11 is 13.2. The highest BCUT2D eigenvalue weighted by atomic mass is 79.9. The van der Waals surface area contributed by atoms with E-state index in [1.165, 1.54) is 11.1 Å². The molecule has 1 aromatic heterocycles. The van der Waals surface area contributed by atoms with E-state index in [9.17, 15) is 4.79 Å². The molecule has 1 saturated carbocycles. The van der Waals surface area contributed by atoms with Gasteiger partial charge in [-0.15, -0.1) is 0 Å². The third-order valence-corrected chi connectivity index (χ3v) is 7.65. The Hall–Kier alpha value is -2.48. The molecule has 5 rings (SSSR count). The summed E-state index contributed by atoms with van der Waals surface area (Å²) < 4.78 is 9.40. The van der Waals surface area contributed by atoms with E-state index in [0.717, 1.165) is 40.2 Å². The van der Waals surface area contributed by atoms with Gasteiger partial charge in [-0.1, -0.05) is 74.9 Å². The summed E-state index contributed by atoms with van der Waals surface area (Å²) in [6, 6.07) is 18.9. The lowest BCUT2D eigenvalue weighted by atomic mass is 9.88. The van der Waals surface area contributed by atoms with Crippen LogP contribution < -0.4 is 10.3 Å². The minimum Gasteiger partial charge on any atom is -0.488 e. The molecule has 3 aromatic carbocycles. The molecule has 0 saturated heterocycles. The highest BCUT2D eigenvalue weighted by Crippen LogP contribution is 2.32. The summed E-state index contributed by atoms with van der Waals surface area (Å²) in [7, 11) is 0. The Kier molecular flexibility index (Phi) is 7.89. The molecular weight excluding hydrogens is 606 g/mol. The molecule has 0 aliphatic heterocycles. The smallest absolute Gasteiger partial charge is 0.282 e. The van der Waals surface area contributed by atoms with Gasteiger partial charge in [-0.2, -0.15) is 9.78 Å². The summed E-state index contributed by atoms with van der Waals surface area (Å²) in [4.78, 5) is 18.5. The van der Waals surface area contributed by atoms with Gasteiger partial charge in [0, 0.05) is 25.4 Å². The van der Waals surface area contributed by atoms with Crippen molar-refractivity contribution in [2.24, 2.45) is 5.10 Å². The topological polar surface area (TPSA) is 56.5 Å². The second-order valence-electron chi connectivity index (χ2n) is 8.93. The molecule has 0 bridgehead atoms. The quantitative estimate of drug-likeness (QED) is 0.203. The van der Waals surface area contributed by atoms with E-state index in [-0.39, 0.29) is 11.5 Å². The fraction of sp³-hybridized carbons (Fsp3) is 0.250. The van der Waals surface area contributed by atoms with Crippen molar-refractivity contribution in [3.63, 3.8) is 0 Å². The molecule has 1 heterocycles. The summed E-state index contributed by atoms with van der Waals surface area (Å²) in [5, 5.41) is 5.75. The van der Waals surface area contributed by atoms with E-state index in [1.807, 2.05) is 42.5 Å². The SMILES string of the molecule is O=c1c2cc(Br)ccc2nc(C2CCCCC2)n1N=Cc1cc(Cl)ccc1OCc1ccc(Br)cc1. The average molecular weight is 630 g/mol. The zero-order valence-corrected chi connectivity index (χ0v) is 23.4. The third-order valence-electron chi connectivity index (χ3n) is 6.40. The van der Waals surface area contributed by atoms with Crippen LogP contribution in [-0.2, 0) is 6.61 Å². The van der Waals surface area contributed by atoms with E-state index in [4.69, 9.17) is 21.3 Å². The van der Waals surface area contributed by atoms with E-state index >= 15 is 0 Å². The second-order valence-corrected chi connectivity index (χ2v) is 11.2. The maximum absolute atomic E-state index is 13.6. The van der Waals surface area contributed by atoms with Crippen LogP contribution >= 0.6 is 43.5 Å². The molecule has 8 heteroatoms. The van der Waals surface area contributed by atoms with E-state index in [0.29, 0.717) is 39.7 Å². The number of hydrogen-bond donors (Lipinski definition) is 0. The second kappa shape index (κ2) is 11.3. The van der Waals surface area contributed by atoms with Crippen molar-refractivity contribution in [3.05, 3.63) is 102 Å². The van der Waals surface area contributed by atoms with Crippen LogP contribution in [0, 0.1) is 0 Å². The number of halogens is 3. The van der Waals surface area contributed by atoms with Gasteiger partial charge in [0.15, 0.2) is 0 Å². The Labute approximate surface area is 231 Å². The molecule has 184 valence electrons. The molecule has 0 radical (unpaired) electrons. The number of benzene rings is 3. The average Bonchev–Trinajstić information content (AvgIpc) is 2.89. The molecular formula is C28H24Br2ClN3O2. The zero-order chi connectivity index (χ0) is 25.1. The molecule has 0 unspecified atom stereocenters. The predicted molar refractivity (Wildman–Crippen MR) is 152 cm³/mol. The van der Waals surface area contributed by atoms with Gasteiger partial charge in [-0.3, -0.25) is 4.79 Å². The lowest BCUT2D eigenvalue weighted by Crippen LogP contribution is -2.25. The van der Waals surface area contributed by atoms with Crippen LogP contribution in [-0.4, -0.2) is 15.9 Å². The summed E-state index contributed by atoms with van der Waals surface area (Å²) in [5.41, 5.74) is 2.24. The summed E-state index contributed by atoms with van der Waals surface area (Å²) in [6.07, 6.45) is 7.12. The van der Waals surface area contributed by atoms with Gasteiger partial charge < -0.3 is 4.74 Å². The van der Waals surface area contributed by atoms with Gasteiger partial charge in [0.25, 0.3) is 5.56 Å².